The number of piperidine rings is 1. The molecule has 3 aromatic rings. The van der Waals surface area contributed by atoms with Crippen molar-refractivity contribution in [3.8, 4) is 0 Å². The van der Waals surface area contributed by atoms with Crippen LogP contribution in [-0.2, 0) is 13.0 Å². The molecule has 3 aliphatic rings. The van der Waals surface area contributed by atoms with Crippen LogP contribution in [0.2, 0.25) is 0 Å². The van der Waals surface area contributed by atoms with E-state index < -0.39 is 6.09 Å². The molecule has 0 bridgehead atoms. The number of nitrogens with zero attached hydrogens (tertiary/aromatic N) is 5. The van der Waals surface area contributed by atoms with E-state index in [0.29, 0.717) is 24.4 Å². The fourth-order valence-corrected chi connectivity index (χ4v) is 6.32. The number of amides is 1. The van der Waals surface area contributed by atoms with E-state index in [-0.39, 0.29) is 0 Å². The van der Waals surface area contributed by atoms with Crippen molar-refractivity contribution in [2.45, 2.75) is 44.7 Å². The number of carboxylic acid groups (broad SMARTS) is 1. The van der Waals surface area contributed by atoms with Crippen LogP contribution in [0.25, 0.3) is 5.65 Å². The Kier molecular flexibility index (Phi) is 5.61. The first-order valence-corrected chi connectivity index (χ1v) is 12.5. The van der Waals surface area contributed by atoms with Crippen LogP contribution >= 0.6 is 0 Å². The van der Waals surface area contributed by atoms with E-state index >= 15 is 0 Å². The summed E-state index contributed by atoms with van der Waals surface area (Å²) in [6.45, 7) is 4.21. The molecule has 8 heteroatoms. The molecule has 1 unspecified atom stereocenters. The molecule has 2 aliphatic heterocycles. The molecule has 8 nitrogen and oxygen atoms in total. The molecule has 3 aromatic heterocycles. The third kappa shape index (κ3) is 4.00. The Morgan fingerprint density at radius 3 is 3.00 bits per heavy atom. The molecule has 0 aromatic carbocycles. The van der Waals surface area contributed by atoms with Crippen molar-refractivity contribution >= 4 is 17.6 Å². The molecular weight excluding hydrogens is 428 g/mol. The summed E-state index contributed by atoms with van der Waals surface area (Å²) in [6.07, 6.45) is 9.11. The van der Waals surface area contributed by atoms with Crippen molar-refractivity contribution in [1.82, 2.24) is 24.6 Å². The van der Waals surface area contributed by atoms with Crippen LogP contribution < -0.4 is 10.2 Å². The van der Waals surface area contributed by atoms with E-state index in [2.05, 4.69) is 56.0 Å². The van der Waals surface area contributed by atoms with Crippen molar-refractivity contribution < 1.29 is 9.90 Å². The molecule has 2 saturated heterocycles. The van der Waals surface area contributed by atoms with Gasteiger partial charge in [-0.1, -0.05) is 12.1 Å². The summed E-state index contributed by atoms with van der Waals surface area (Å²) in [6, 6.07) is 11.0. The topological polar surface area (TPSA) is 86.0 Å². The number of nitrogens with one attached hydrogen (secondary N) is 1. The first-order valence-electron chi connectivity index (χ1n) is 12.5. The smallest absolute Gasteiger partial charge is 0.404 e. The highest BCUT2D eigenvalue weighted by Crippen LogP contribution is 2.43. The number of likely N-dealkylation sites (tertiary alicyclic amines) is 1. The van der Waals surface area contributed by atoms with Gasteiger partial charge in [0.1, 0.15) is 11.5 Å². The number of aromatic nitrogens is 3. The van der Waals surface area contributed by atoms with Gasteiger partial charge in [-0.3, -0.25) is 14.3 Å². The Balaban J connectivity index is 1.23. The summed E-state index contributed by atoms with van der Waals surface area (Å²) in [5.74, 6) is 2.15. The van der Waals surface area contributed by atoms with Crippen molar-refractivity contribution in [2.24, 2.45) is 11.8 Å². The van der Waals surface area contributed by atoms with E-state index in [1.165, 1.54) is 30.5 Å². The van der Waals surface area contributed by atoms with Crippen LogP contribution in [0.5, 0.6) is 0 Å². The maximum Gasteiger partial charge on any atom is 0.404 e. The maximum absolute atomic E-state index is 10.9. The second-order valence-corrected chi connectivity index (χ2v) is 10.0. The number of hydrogen-bond donors (Lipinski definition) is 2. The standard InChI is InChI=1S/C26H32N6O2/c33-26(34)28-14-18-10-13-30(15-18)23-7-1-6-22-29-21(17-32(22)23)16-31-12-3-5-20-9-8-19-4-2-11-27-24(19)25(20)31/h1-2,4,6-7,11,17-18,20,25,28H,3,5,8-10,12-16H2,(H,33,34)/t18?,20-,25-/m0/s1. The maximum atomic E-state index is 10.9. The van der Waals surface area contributed by atoms with E-state index in [9.17, 15) is 4.79 Å². The zero-order chi connectivity index (χ0) is 23.1. The lowest BCUT2D eigenvalue weighted by atomic mass is 9.77. The van der Waals surface area contributed by atoms with Crippen molar-refractivity contribution in [3.05, 3.63) is 59.7 Å². The van der Waals surface area contributed by atoms with Gasteiger partial charge < -0.3 is 15.3 Å². The molecule has 0 saturated carbocycles. The van der Waals surface area contributed by atoms with Gasteiger partial charge in [0.05, 0.1) is 17.4 Å². The summed E-state index contributed by atoms with van der Waals surface area (Å²) < 4.78 is 2.21. The van der Waals surface area contributed by atoms with E-state index in [4.69, 9.17) is 15.1 Å². The monoisotopic (exact) mass is 460 g/mol. The molecule has 178 valence electrons. The molecule has 2 N–H and O–H groups in total. The van der Waals surface area contributed by atoms with E-state index in [1.54, 1.807) is 0 Å². The second kappa shape index (κ2) is 8.91. The van der Waals surface area contributed by atoms with Gasteiger partial charge in [0.15, 0.2) is 0 Å². The number of rotatable bonds is 5. The van der Waals surface area contributed by atoms with Gasteiger partial charge in [0, 0.05) is 38.6 Å². The Bertz CT molecular complexity index is 1190. The Morgan fingerprint density at radius 1 is 1.15 bits per heavy atom. The fourth-order valence-electron chi connectivity index (χ4n) is 6.32. The quantitative estimate of drug-likeness (QED) is 0.604. The molecule has 6 rings (SSSR count). The van der Waals surface area contributed by atoms with Gasteiger partial charge in [-0.25, -0.2) is 9.78 Å². The number of carbonyl (C=O) groups is 1. The minimum atomic E-state index is -0.949. The highest BCUT2D eigenvalue weighted by atomic mass is 16.4. The zero-order valence-corrected chi connectivity index (χ0v) is 19.4. The van der Waals surface area contributed by atoms with E-state index in [0.717, 1.165) is 56.2 Å². The van der Waals surface area contributed by atoms with Crippen LogP contribution in [0.15, 0.2) is 42.7 Å². The van der Waals surface area contributed by atoms with Crippen LogP contribution in [0.3, 0.4) is 0 Å². The van der Waals surface area contributed by atoms with E-state index in [1.807, 2.05) is 6.20 Å². The summed E-state index contributed by atoms with van der Waals surface area (Å²) in [4.78, 5) is 25.6. The Hall–Kier alpha value is -3.13. The number of pyridine rings is 2. The first kappa shape index (κ1) is 21.4. The van der Waals surface area contributed by atoms with Crippen LogP contribution in [0.4, 0.5) is 10.6 Å². The molecule has 5 heterocycles. The largest absolute Gasteiger partial charge is 0.465 e. The summed E-state index contributed by atoms with van der Waals surface area (Å²) >= 11 is 0. The van der Waals surface area contributed by atoms with Crippen molar-refractivity contribution in [3.63, 3.8) is 0 Å². The van der Waals surface area contributed by atoms with Crippen LogP contribution in [0.1, 0.15) is 48.7 Å². The average molecular weight is 461 g/mol. The molecule has 1 amide bonds. The number of aryl methyl sites for hydroxylation is 1. The molecule has 0 radical (unpaired) electrons. The lowest BCUT2D eigenvalue weighted by molar-refractivity contribution is 0.0687. The van der Waals surface area contributed by atoms with Gasteiger partial charge in [-0.05, 0) is 74.2 Å². The van der Waals surface area contributed by atoms with Gasteiger partial charge >= 0.3 is 6.09 Å². The average Bonchev–Trinajstić information content (AvgIpc) is 3.49. The van der Waals surface area contributed by atoms with Crippen LogP contribution in [-0.4, -0.2) is 56.6 Å². The number of hydrogen-bond acceptors (Lipinski definition) is 5. The lowest BCUT2D eigenvalue weighted by Gasteiger charge is -2.44. The molecule has 0 spiro atoms. The zero-order valence-electron chi connectivity index (χ0n) is 19.4. The van der Waals surface area contributed by atoms with Gasteiger partial charge in [-0.15, -0.1) is 0 Å². The molecular formula is C26H32N6O2. The van der Waals surface area contributed by atoms with Gasteiger partial charge in [0.25, 0.3) is 0 Å². The minimum absolute atomic E-state index is 0.332. The number of anilines is 1. The van der Waals surface area contributed by atoms with Gasteiger partial charge in [0.2, 0.25) is 0 Å². The second-order valence-electron chi connectivity index (χ2n) is 10.0. The predicted molar refractivity (Wildman–Crippen MR) is 130 cm³/mol. The third-order valence-corrected chi connectivity index (χ3v) is 7.89. The predicted octanol–water partition coefficient (Wildman–Crippen LogP) is 3.72. The number of fused-ring (bicyclic) bond motifs is 4. The Morgan fingerprint density at radius 2 is 2.09 bits per heavy atom. The normalized spacial score (nSPS) is 24.7. The number of imidazole rings is 1. The molecule has 2 fully saturated rings. The van der Waals surface area contributed by atoms with Gasteiger partial charge in [-0.2, -0.15) is 0 Å². The first-order chi connectivity index (χ1) is 16.7. The van der Waals surface area contributed by atoms with Crippen molar-refractivity contribution in [2.75, 3.05) is 31.1 Å². The SMILES string of the molecule is O=C(O)NCC1CCN(c2cccc3nc(CN4CCC[C@H]5CCc6cccnc6[C@H]54)cn23)C1. The highest BCUT2D eigenvalue weighted by Gasteiger charge is 2.37. The fraction of sp³-hybridized carbons (Fsp3) is 0.500. The molecule has 3 atom stereocenters. The highest BCUT2D eigenvalue weighted by molar-refractivity contribution is 5.64. The summed E-state index contributed by atoms with van der Waals surface area (Å²) in [5, 5.41) is 11.5. The summed E-state index contributed by atoms with van der Waals surface area (Å²) in [7, 11) is 0. The lowest BCUT2D eigenvalue weighted by Crippen LogP contribution is -2.41. The molecule has 34 heavy (non-hydrogen) atoms. The van der Waals surface area contributed by atoms with Crippen molar-refractivity contribution in [1.29, 1.82) is 0 Å². The third-order valence-electron chi connectivity index (χ3n) is 7.89. The summed E-state index contributed by atoms with van der Waals surface area (Å²) in [5.41, 5.74) is 4.75. The molecule has 1 aliphatic carbocycles. The minimum Gasteiger partial charge on any atom is -0.465 e. The van der Waals surface area contributed by atoms with Crippen LogP contribution in [0, 0.1) is 11.8 Å². The Labute approximate surface area is 199 Å².